The molecule has 160 valence electrons. The van der Waals surface area contributed by atoms with E-state index in [1.165, 1.54) is 70.8 Å². The number of amides is 1. The summed E-state index contributed by atoms with van der Waals surface area (Å²) < 4.78 is 0. The summed E-state index contributed by atoms with van der Waals surface area (Å²) in [4.78, 5) is 23.9. The van der Waals surface area contributed by atoms with Gasteiger partial charge in [0.15, 0.2) is 0 Å². The van der Waals surface area contributed by atoms with E-state index in [0.29, 0.717) is 6.42 Å². The van der Waals surface area contributed by atoms with Crippen LogP contribution < -0.4 is 15.3 Å². The van der Waals surface area contributed by atoms with Crippen molar-refractivity contribution < 1.29 is 19.6 Å². The predicted molar refractivity (Wildman–Crippen MR) is 113 cm³/mol. The monoisotopic (exact) mass is 402 g/mol. The minimum absolute atomic E-state index is 0.0609. The lowest BCUT2D eigenvalue weighted by molar-refractivity contribution is -0.858. The van der Waals surface area contributed by atoms with Gasteiger partial charge in [0.05, 0.1) is 32.7 Å². The van der Waals surface area contributed by atoms with Crippen LogP contribution in [-0.4, -0.2) is 44.3 Å². The number of aliphatic carboxylic acids is 1. The van der Waals surface area contributed by atoms with E-state index in [2.05, 4.69) is 32.0 Å². The van der Waals surface area contributed by atoms with E-state index >= 15 is 0 Å². The van der Waals surface area contributed by atoms with Crippen LogP contribution in [0.2, 0.25) is 0 Å². The van der Waals surface area contributed by atoms with Crippen LogP contribution in [0.15, 0.2) is 0 Å². The Bertz CT molecular complexity index is 378. The fourth-order valence-corrected chi connectivity index (χ4v) is 3.39. The molecule has 0 aromatic heterocycles. The summed E-state index contributed by atoms with van der Waals surface area (Å²) in [6.45, 7) is 1.29. The lowest BCUT2D eigenvalue weighted by Crippen LogP contribution is -3.05. The summed E-state index contributed by atoms with van der Waals surface area (Å²) in [6, 6.07) is -0.986. The number of hydrogen-bond acceptors (Lipinski definition) is 4. The summed E-state index contributed by atoms with van der Waals surface area (Å²) in [7, 11) is 4.44. The Kier molecular flexibility index (Phi) is 18.1. The van der Waals surface area contributed by atoms with Crippen LogP contribution in [0.1, 0.15) is 89.9 Å². The summed E-state index contributed by atoms with van der Waals surface area (Å²) in [5.41, 5.74) is 0. The third-order valence-corrected chi connectivity index (χ3v) is 5.25. The van der Waals surface area contributed by atoms with Crippen LogP contribution in [0.25, 0.3) is 0 Å². The Hall–Kier alpha value is -0.750. The number of quaternary nitrogens is 1. The molecule has 1 unspecified atom stereocenters. The second kappa shape index (κ2) is 18.6. The van der Waals surface area contributed by atoms with Crippen molar-refractivity contribution in [2.45, 2.75) is 95.9 Å². The first-order valence-corrected chi connectivity index (χ1v) is 11.5. The summed E-state index contributed by atoms with van der Waals surface area (Å²) >= 11 is 3.90. The van der Waals surface area contributed by atoms with Gasteiger partial charge in [0.1, 0.15) is 0 Å². The molecule has 0 rings (SSSR count). The molecule has 0 saturated heterocycles. The van der Waals surface area contributed by atoms with E-state index in [9.17, 15) is 14.7 Å². The SMILES string of the molecule is C[NH+](C)CCCCCCCCCCCCCCCC(=O)NC(CS)C(=O)[O-]. The van der Waals surface area contributed by atoms with Crippen LogP contribution in [0.5, 0.6) is 0 Å². The van der Waals surface area contributed by atoms with Crippen molar-refractivity contribution in [3.63, 3.8) is 0 Å². The predicted octanol–water partition coefficient (Wildman–Crippen LogP) is 1.76. The second-order valence-electron chi connectivity index (χ2n) is 7.93. The summed E-state index contributed by atoms with van der Waals surface area (Å²) in [5.74, 6) is -1.43. The number of carbonyl (C=O) groups excluding carboxylic acids is 2. The second-order valence-corrected chi connectivity index (χ2v) is 8.29. The number of hydrogen-bond donors (Lipinski definition) is 3. The number of nitrogens with one attached hydrogen (secondary N) is 2. The van der Waals surface area contributed by atoms with Gasteiger partial charge in [-0.1, -0.05) is 64.2 Å². The van der Waals surface area contributed by atoms with E-state index in [0.717, 1.165) is 19.3 Å². The first kappa shape index (κ1) is 26.2. The van der Waals surface area contributed by atoms with Gasteiger partial charge < -0.3 is 20.1 Å². The molecule has 6 heteroatoms. The molecule has 1 amide bonds. The van der Waals surface area contributed by atoms with Gasteiger partial charge in [-0.15, -0.1) is 0 Å². The minimum atomic E-state index is -1.27. The zero-order chi connectivity index (χ0) is 20.3. The first-order valence-electron chi connectivity index (χ1n) is 10.9. The fraction of sp³-hybridized carbons (Fsp3) is 0.905. The maximum Gasteiger partial charge on any atom is 0.220 e. The van der Waals surface area contributed by atoms with Crippen molar-refractivity contribution in [2.75, 3.05) is 26.4 Å². The molecule has 0 bridgehead atoms. The fourth-order valence-electron chi connectivity index (χ4n) is 3.15. The van der Waals surface area contributed by atoms with Crippen LogP contribution in [-0.2, 0) is 9.59 Å². The molecule has 0 spiro atoms. The highest BCUT2D eigenvalue weighted by molar-refractivity contribution is 7.80. The van der Waals surface area contributed by atoms with E-state index < -0.39 is 12.0 Å². The van der Waals surface area contributed by atoms with E-state index in [1.54, 1.807) is 4.90 Å². The molecule has 0 heterocycles. The third-order valence-electron chi connectivity index (χ3n) is 4.88. The van der Waals surface area contributed by atoms with E-state index in [1.807, 2.05) is 0 Å². The van der Waals surface area contributed by atoms with Gasteiger partial charge in [0, 0.05) is 12.2 Å². The van der Waals surface area contributed by atoms with Gasteiger partial charge in [0.25, 0.3) is 0 Å². The van der Waals surface area contributed by atoms with Crippen LogP contribution >= 0.6 is 12.6 Å². The Morgan fingerprint density at radius 1 is 0.815 bits per heavy atom. The zero-order valence-electron chi connectivity index (χ0n) is 17.6. The van der Waals surface area contributed by atoms with Gasteiger partial charge in [-0.05, 0) is 19.3 Å². The molecule has 0 aromatic carbocycles. The van der Waals surface area contributed by atoms with Crippen molar-refractivity contribution in [1.29, 1.82) is 0 Å². The zero-order valence-corrected chi connectivity index (χ0v) is 18.5. The Labute approximate surface area is 172 Å². The van der Waals surface area contributed by atoms with Crippen molar-refractivity contribution in [3.05, 3.63) is 0 Å². The summed E-state index contributed by atoms with van der Waals surface area (Å²) in [6.07, 6.45) is 16.8. The Balaban J connectivity index is 3.27. The highest BCUT2D eigenvalue weighted by atomic mass is 32.1. The van der Waals surface area contributed by atoms with Gasteiger partial charge in [-0.2, -0.15) is 12.6 Å². The number of unbranched alkanes of at least 4 members (excludes halogenated alkanes) is 12. The smallest absolute Gasteiger partial charge is 0.220 e. The number of carboxylic acid groups (broad SMARTS) is 1. The molecular weight excluding hydrogens is 360 g/mol. The molecular formula is C21H42N2O3S. The number of carbonyl (C=O) groups is 2. The van der Waals surface area contributed by atoms with Crippen molar-refractivity contribution in [1.82, 2.24) is 5.32 Å². The third kappa shape index (κ3) is 18.4. The highest BCUT2D eigenvalue weighted by Crippen LogP contribution is 2.12. The maximum absolute atomic E-state index is 11.6. The minimum Gasteiger partial charge on any atom is -0.548 e. The molecule has 0 radical (unpaired) electrons. The molecule has 0 saturated carbocycles. The molecule has 2 N–H and O–H groups in total. The lowest BCUT2D eigenvalue weighted by atomic mass is 10.0. The maximum atomic E-state index is 11.6. The quantitative estimate of drug-likeness (QED) is 0.228. The standard InChI is InChI=1S/C21H42N2O3S/c1-23(2)17-15-13-11-9-7-5-3-4-6-8-10-12-14-16-20(24)22-19(18-27)21(25)26/h19,27H,3-18H2,1-2H3,(H,22,24)(H,25,26). The number of rotatable bonds is 19. The van der Waals surface area contributed by atoms with E-state index in [4.69, 9.17) is 0 Å². The molecule has 0 fully saturated rings. The number of thiol groups is 1. The molecule has 0 aliphatic rings. The number of carboxylic acids is 1. The van der Waals surface area contributed by atoms with E-state index in [-0.39, 0.29) is 11.7 Å². The Morgan fingerprint density at radius 3 is 1.59 bits per heavy atom. The molecule has 1 atom stereocenters. The van der Waals surface area contributed by atoms with Gasteiger partial charge in [-0.3, -0.25) is 4.79 Å². The van der Waals surface area contributed by atoms with Gasteiger partial charge in [-0.25, -0.2) is 0 Å². The normalized spacial score (nSPS) is 12.3. The molecule has 0 aliphatic heterocycles. The average molecular weight is 403 g/mol. The average Bonchev–Trinajstić information content (AvgIpc) is 2.62. The summed E-state index contributed by atoms with van der Waals surface area (Å²) in [5, 5.41) is 13.2. The van der Waals surface area contributed by atoms with Crippen molar-refractivity contribution in [2.24, 2.45) is 0 Å². The molecule has 27 heavy (non-hydrogen) atoms. The largest absolute Gasteiger partial charge is 0.548 e. The van der Waals surface area contributed by atoms with Crippen molar-refractivity contribution >= 4 is 24.5 Å². The van der Waals surface area contributed by atoms with Crippen molar-refractivity contribution in [3.8, 4) is 0 Å². The first-order chi connectivity index (χ1) is 13.0. The van der Waals surface area contributed by atoms with Gasteiger partial charge >= 0.3 is 0 Å². The van der Waals surface area contributed by atoms with Crippen LogP contribution in [0, 0.1) is 0 Å². The highest BCUT2D eigenvalue weighted by Gasteiger charge is 2.10. The van der Waals surface area contributed by atoms with Gasteiger partial charge in [0.2, 0.25) is 5.91 Å². The van der Waals surface area contributed by atoms with Crippen LogP contribution in [0.4, 0.5) is 0 Å². The molecule has 5 nitrogen and oxygen atoms in total. The molecule has 0 aliphatic carbocycles. The lowest BCUT2D eigenvalue weighted by Gasteiger charge is -2.17. The molecule has 0 aromatic rings. The topological polar surface area (TPSA) is 73.7 Å². The Morgan fingerprint density at radius 2 is 1.22 bits per heavy atom. The van der Waals surface area contributed by atoms with Crippen LogP contribution in [0.3, 0.4) is 0 Å².